The molecule has 0 aromatic heterocycles. The summed E-state index contributed by atoms with van der Waals surface area (Å²) in [6.45, 7) is 4.39. The van der Waals surface area contributed by atoms with Gasteiger partial charge < -0.3 is 10.6 Å². The average molecular weight is 270 g/mol. The van der Waals surface area contributed by atoms with Crippen LogP contribution in [0.1, 0.15) is 25.3 Å². The van der Waals surface area contributed by atoms with Crippen LogP contribution in [0.3, 0.4) is 0 Å². The molecule has 106 valence electrons. The molecule has 0 aliphatic heterocycles. The van der Waals surface area contributed by atoms with Gasteiger partial charge in [-0.25, -0.2) is 0 Å². The molecule has 2 N–H and O–H groups in total. The molecule has 0 aliphatic rings. The van der Waals surface area contributed by atoms with Gasteiger partial charge in [0.1, 0.15) is 0 Å². The van der Waals surface area contributed by atoms with E-state index in [-0.39, 0.29) is 17.9 Å². The predicted molar refractivity (Wildman–Crippen MR) is 83.6 cm³/mol. The van der Waals surface area contributed by atoms with Crippen molar-refractivity contribution >= 4 is 16.7 Å². The van der Waals surface area contributed by atoms with Gasteiger partial charge in [-0.1, -0.05) is 42.5 Å². The van der Waals surface area contributed by atoms with Crippen molar-refractivity contribution in [3.05, 3.63) is 48.0 Å². The van der Waals surface area contributed by atoms with Gasteiger partial charge in [0.25, 0.3) is 0 Å². The summed E-state index contributed by atoms with van der Waals surface area (Å²) in [7, 11) is 1.82. The van der Waals surface area contributed by atoms with Crippen LogP contribution in [0.4, 0.5) is 0 Å². The second-order valence-corrected chi connectivity index (χ2v) is 5.36. The Morgan fingerprint density at radius 1 is 1.15 bits per heavy atom. The van der Waals surface area contributed by atoms with Gasteiger partial charge in [0.15, 0.2) is 0 Å². The molecule has 2 atom stereocenters. The van der Waals surface area contributed by atoms with E-state index in [0.29, 0.717) is 6.54 Å². The minimum atomic E-state index is -0.154. The second kappa shape index (κ2) is 6.06. The minimum absolute atomic E-state index is 0.0606. The lowest BCUT2D eigenvalue weighted by Gasteiger charge is -2.27. The Labute approximate surface area is 120 Å². The summed E-state index contributed by atoms with van der Waals surface area (Å²) >= 11 is 0. The Kier molecular flexibility index (Phi) is 4.40. The third kappa shape index (κ3) is 2.83. The normalized spacial score (nSPS) is 14.0. The maximum absolute atomic E-state index is 12.5. The number of carbonyl (C=O) groups is 1. The summed E-state index contributed by atoms with van der Waals surface area (Å²) < 4.78 is 0. The molecule has 0 fully saturated rings. The molecule has 0 saturated carbocycles. The number of likely N-dealkylation sites (N-methyl/N-ethyl adjacent to an activating group) is 1. The SMILES string of the molecule is CC(C(=O)N(C)C(C)CN)c1ccc2ccccc2c1. The van der Waals surface area contributed by atoms with E-state index in [1.165, 1.54) is 10.8 Å². The molecule has 0 radical (unpaired) electrons. The highest BCUT2D eigenvalue weighted by molar-refractivity contribution is 5.87. The van der Waals surface area contributed by atoms with Crippen LogP contribution in [0, 0.1) is 0 Å². The first kappa shape index (κ1) is 14.5. The number of amides is 1. The number of hydrogen-bond donors (Lipinski definition) is 1. The number of nitrogens with two attached hydrogens (primary N) is 1. The van der Waals surface area contributed by atoms with Crippen LogP contribution in [-0.2, 0) is 4.79 Å². The first-order chi connectivity index (χ1) is 9.54. The Morgan fingerprint density at radius 2 is 1.80 bits per heavy atom. The molecule has 2 unspecified atom stereocenters. The standard InChI is InChI=1S/C17H22N2O/c1-12(11-18)19(3)17(20)13(2)15-9-8-14-6-4-5-7-16(14)10-15/h4-10,12-13H,11,18H2,1-3H3. The highest BCUT2D eigenvalue weighted by Gasteiger charge is 2.22. The fourth-order valence-corrected chi connectivity index (χ4v) is 2.30. The molecule has 0 bridgehead atoms. The first-order valence-corrected chi connectivity index (χ1v) is 7.00. The molecule has 0 spiro atoms. The Morgan fingerprint density at radius 3 is 2.45 bits per heavy atom. The number of carbonyl (C=O) groups excluding carboxylic acids is 1. The van der Waals surface area contributed by atoms with Crippen LogP contribution in [-0.4, -0.2) is 30.4 Å². The van der Waals surface area contributed by atoms with Gasteiger partial charge in [-0.3, -0.25) is 4.79 Å². The molecular formula is C17H22N2O. The summed E-state index contributed by atoms with van der Waals surface area (Å²) in [5, 5.41) is 2.36. The van der Waals surface area contributed by atoms with Crippen molar-refractivity contribution in [2.24, 2.45) is 5.73 Å². The van der Waals surface area contributed by atoms with Gasteiger partial charge in [-0.15, -0.1) is 0 Å². The van der Waals surface area contributed by atoms with E-state index >= 15 is 0 Å². The smallest absolute Gasteiger partial charge is 0.229 e. The van der Waals surface area contributed by atoms with Gasteiger partial charge in [0, 0.05) is 19.6 Å². The number of nitrogens with zero attached hydrogens (tertiary/aromatic N) is 1. The van der Waals surface area contributed by atoms with Crippen LogP contribution >= 0.6 is 0 Å². The second-order valence-electron chi connectivity index (χ2n) is 5.36. The summed E-state index contributed by atoms with van der Waals surface area (Å²) in [6.07, 6.45) is 0. The lowest BCUT2D eigenvalue weighted by Crippen LogP contribution is -2.41. The van der Waals surface area contributed by atoms with Crippen molar-refractivity contribution in [3.63, 3.8) is 0 Å². The zero-order valence-corrected chi connectivity index (χ0v) is 12.3. The molecule has 0 saturated heterocycles. The Bertz CT molecular complexity index is 609. The number of hydrogen-bond acceptors (Lipinski definition) is 2. The maximum Gasteiger partial charge on any atom is 0.229 e. The van der Waals surface area contributed by atoms with Gasteiger partial charge in [-0.2, -0.15) is 0 Å². The molecule has 2 rings (SSSR count). The quantitative estimate of drug-likeness (QED) is 0.928. The fraction of sp³-hybridized carbons (Fsp3) is 0.353. The third-order valence-electron chi connectivity index (χ3n) is 3.99. The molecule has 3 heteroatoms. The molecule has 0 aliphatic carbocycles. The number of rotatable bonds is 4. The predicted octanol–water partition coefficient (Wildman–Crippen LogP) is 2.75. The largest absolute Gasteiger partial charge is 0.341 e. The number of benzene rings is 2. The van der Waals surface area contributed by atoms with E-state index in [2.05, 4.69) is 24.3 Å². The van der Waals surface area contributed by atoms with E-state index in [9.17, 15) is 4.79 Å². The molecule has 1 amide bonds. The van der Waals surface area contributed by atoms with Crippen LogP contribution in [0.25, 0.3) is 10.8 Å². The van der Waals surface area contributed by atoms with Crippen molar-refractivity contribution in [1.82, 2.24) is 4.90 Å². The van der Waals surface area contributed by atoms with Crippen molar-refractivity contribution < 1.29 is 4.79 Å². The summed E-state index contributed by atoms with van der Waals surface area (Å²) in [6, 6.07) is 14.4. The van der Waals surface area contributed by atoms with Crippen LogP contribution in [0.5, 0.6) is 0 Å². The van der Waals surface area contributed by atoms with Crippen molar-refractivity contribution in [1.29, 1.82) is 0 Å². The topological polar surface area (TPSA) is 46.3 Å². The molecule has 20 heavy (non-hydrogen) atoms. The summed E-state index contributed by atoms with van der Waals surface area (Å²) in [5.74, 6) is -0.0446. The Hall–Kier alpha value is -1.87. The third-order valence-corrected chi connectivity index (χ3v) is 3.99. The van der Waals surface area contributed by atoms with Gasteiger partial charge in [-0.05, 0) is 30.2 Å². The average Bonchev–Trinajstić information content (AvgIpc) is 2.51. The summed E-state index contributed by atoms with van der Waals surface area (Å²) in [4.78, 5) is 14.2. The molecule has 0 heterocycles. The summed E-state index contributed by atoms with van der Waals surface area (Å²) in [5.41, 5.74) is 6.68. The fourth-order valence-electron chi connectivity index (χ4n) is 2.30. The molecular weight excluding hydrogens is 248 g/mol. The van der Waals surface area contributed by atoms with E-state index in [1.54, 1.807) is 4.90 Å². The monoisotopic (exact) mass is 270 g/mol. The minimum Gasteiger partial charge on any atom is -0.341 e. The highest BCUT2D eigenvalue weighted by atomic mass is 16.2. The molecule has 2 aromatic carbocycles. The van der Waals surface area contributed by atoms with Gasteiger partial charge >= 0.3 is 0 Å². The van der Waals surface area contributed by atoms with Crippen LogP contribution in [0.2, 0.25) is 0 Å². The zero-order chi connectivity index (χ0) is 14.7. The van der Waals surface area contributed by atoms with E-state index in [0.717, 1.165) is 5.56 Å². The van der Waals surface area contributed by atoms with Crippen molar-refractivity contribution in [2.45, 2.75) is 25.8 Å². The maximum atomic E-state index is 12.5. The van der Waals surface area contributed by atoms with E-state index < -0.39 is 0 Å². The molecule has 3 nitrogen and oxygen atoms in total. The molecule has 2 aromatic rings. The Balaban J connectivity index is 2.26. The highest BCUT2D eigenvalue weighted by Crippen LogP contribution is 2.23. The number of fused-ring (bicyclic) bond motifs is 1. The van der Waals surface area contributed by atoms with E-state index in [1.807, 2.05) is 39.1 Å². The van der Waals surface area contributed by atoms with Gasteiger partial charge in [0.05, 0.1) is 5.92 Å². The van der Waals surface area contributed by atoms with Crippen molar-refractivity contribution in [2.75, 3.05) is 13.6 Å². The lowest BCUT2D eigenvalue weighted by atomic mass is 9.96. The van der Waals surface area contributed by atoms with Crippen LogP contribution < -0.4 is 5.73 Å². The van der Waals surface area contributed by atoms with Crippen LogP contribution in [0.15, 0.2) is 42.5 Å². The van der Waals surface area contributed by atoms with Gasteiger partial charge in [0.2, 0.25) is 5.91 Å². The van der Waals surface area contributed by atoms with Crippen molar-refractivity contribution in [3.8, 4) is 0 Å². The van der Waals surface area contributed by atoms with E-state index in [4.69, 9.17) is 5.73 Å². The lowest BCUT2D eigenvalue weighted by molar-refractivity contribution is -0.132. The zero-order valence-electron chi connectivity index (χ0n) is 12.3. The first-order valence-electron chi connectivity index (χ1n) is 7.00.